The number of benzene rings is 2. The summed E-state index contributed by atoms with van der Waals surface area (Å²) < 4.78 is 11.5. The van der Waals surface area contributed by atoms with Crippen molar-refractivity contribution in [2.75, 3.05) is 13.7 Å². The topological polar surface area (TPSA) is 38.8 Å². The van der Waals surface area contributed by atoms with Gasteiger partial charge in [0.05, 0.1) is 18.6 Å². The summed E-state index contributed by atoms with van der Waals surface area (Å²) in [7, 11) is 1.58. The van der Waals surface area contributed by atoms with Crippen molar-refractivity contribution in [1.82, 2.24) is 4.90 Å². The number of nitrogens with zero attached hydrogens (tertiary/aromatic N) is 1. The Morgan fingerprint density at radius 2 is 1.96 bits per heavy atom. The number of thiocarbonyl (C=S) groups is 1. The Bertz CT molecular complexity index is 894. The zero-order valence-electron chi connectivity index (χ0n) is 14.9. The van der Waals surface area contributed by atoms with E-state index in [2.05, 4.69) is 6.58 Å². The Kier molecular flexibility index (Phi) is 6.32. The molecular formula is C21H19NO3S2. The Morgan fingerprint density at radius 1 is 1.19 bits per heavy atom. The molecule has 1 heterocycles. The van der Waals surface area contributed by atoms with E-state index in [1.54, 1.807) is 18.1 Å². The van der Waals surface area contributed by atoms with Crippen LogP contribution in [0, 0.1) is 0 Å². The molecule has 0 saturated carbocycles. The summed E-state index contributed by atoms with van der Waals surface area (Å²) in [5.41, 5.74) is 1.89. The van der Waals surface area contributed by atoms with Crippen molar-refractivity contribution < 1.29 is 14.3 Å². The lowest BCUT2D eigenvalue weighted by Crippen LogP contribution is -2.27. The maximum Gasteiger partial charge on any atom is 0.266 e. The highest BCUT2D eigenvalue weighted by atomic mass is 32.2. The molecule has 3 rings (SSSR count). The molecule has 1 aliphatic rings. The largest absolute Gasteiger partial charge is 0.493 e. The fourth-order valence-electron chi connectivity index (χ4n) is 2.60. The minimum Gasteiger partial charge on any atom is -0.493 e. The van der Waals surface area contributed by atoms with Gasteiger partial charge in [-0.25, -0.2) is 0 Å². The van der Waals surface area contributed by atoms with E-state index in [1.807, 2.05) is 54.6 Å². The van der Waals surface area contributed by atoms with Crippen LogP contribution in [-0.4, -0.2) is 28.8 Å². The van der Waals surface area contributed by atoms with Gasteiger partial charge in [0.1, 0.15) is 10.9 Å². The molecule has 0 unspecified atom stereocenters. The first-order chi connectivity index (χ1) is 13.1. The molecule has 4 nitrogen and oxygen atoms in total. The summed E-state index contributed by atoms with van der Waals surface area (Å²) in [5, 5.41) is 0. The zero-order chi connectivity index (χ0) is 19.2. The number of carbonyl (C=O) groups is 1. The Morgan fingerprint density at radius 3 is 2.67 bits per heavy atom. The van der Waals surface area contributed by atoms with Gasteiger partial charge in [-0.1, -0.05) is 73.0 Å². The first kappa shape index (κ1) is 19.2. The van der Waals surface area contributed by atoms with Crippen molar-refractivity contribution in [3.05, 3.63) is 77.2 Å². The van der Waals surface area contributed by atoms with Crippen molar-refractivity contribution in [2.45, 2.75) is 6.54 Å². The summed E-state index contributed by atoms with van der Waals surface area (Å²) in [6, 6.07) is 15.3. The van der Waals surface area contributed by atoms with Crippen LogP contribution < -0.4 is 9.47 Å². The summed E-state index contributed by atoms with van der Waals surface area (Å²) in [4.78, 5) is 15.0. The van der Waals surface area contributed by atoms with Gasteiger partial charge >= 0.3 is 0 Å². The van der Waals surface area contributed by atoms with E-state index in [1.165, 1.54) is 11.8 Å². The van der Waals surface area contributed by atoms with Crippen molar-refractivity contribution in [2.24, 2.45) is 0 Å². The fraction of sp³-hybridized carbons (Fsp3) is 0.143. The number of thioether (sulfide) groups is 1. The third-order valence-electron chi connectivity index (χ3n) is 3.90. The fourth-order valence-corrected chi connectivity index (χ4v) is 3.85. The molecule has 2 aromatic rings. The van der Waals surface area contributed by atoms with Gasteiger partial charge in [0.15, 0.2) is 11.5 Å². The van der Waals surface area contributed by atoms with Crippen LogP contribution in [0.25, 0.3) is 6.08 Å². The highest BCUT2D eigenvalue weighted by Gasteiger charge is 2.31. The average Bonchev–Trinajstić information content (AvgIpc) is 2.95. The second-order valence-electron chi connectivity index (χ2n) is 5.76. The van der Waals surface area contributed by atoms with Gasteiger partial charge in [-0.3, -0.25) is 9.69 Å². The van der Waals surface area contributed by atoms with Gasteiger partial charge in [-0.2, -0.15) is 0 Å². The predicted molar refractivity (Wildman–Crippen MR) is 114 cm³/mol. The van der Waals surface area contributed by atoms with E-state index < -0.39 is 0 Å². The van der Waals surface area contributed by atoms with Gasteiger partial charge < -0.3 is 9.47 Å². The van der Waals surface area contributed by atoms with E-state index in [0.717, 1.165) is 11.1 Å². The van der Waals surface area contributed by atoms with E-state index >= 15 is 0 Å². The second-order valence-corrected chi connectivity index (χ2v) is 7.44. The number of hydrogen-bond donors (Lipinski definition) is 0. The number of methoxy groups -OCH3 is 1. The molecule has 0 atom stereocenters. The third kappa shape index (κ3) is 4.59. The molecule has 0 N–H and O–H groups in total. The SMILES string of the molecule is C=CCOc1ccc(/C=C2\SC(=S)N(Cc3ccccc3)C2=O)cc1OC. The van der Waals surface area contributed by atoms with Gasteiger partial charge in [-0.05, 0) is 29.3 Å². The van der Waals surface area contributed by atoms with Crippen LogP contribution in [0.5, 0.6) is 11.5 Å². The molecule has 1 aliphatic heterocycles. The first-order valence-electron chi connectivity index (χ1n) is 8.33. The zero-order valence-corrected chi connectivity index (χ0v) is 16.5. The molecular weight excluding hydrogens is 378 g/mol. The number of hydrogen-bond acceptors (Lipinski definition) is 5. The molecule has 1 amide bonds. The predicted octanol–water partition coefficient (Wildman–Crippen LogP) is 4.66. The third-order valence-corrected chi connectivity index (χ3v) is 5.28. The minimum atomic E-state index is -0.0835. The van der Waals surface area contributed by atoms with Crippen LogP contribution in [0.4, 0.5) is 0 Å². The van der Waals surface area contributed by atoms with Crippen LogP contribution in [0.1, 0.15) is 11.1 Å². The van der Waals surface area contributed by atoms with Crippen molar-refractivity contribution in [1.29, 1.82) is 0 Å². The van der Waals surface area contributed by atoms with E-state index in [9.17, 15) is 4.79 Å². The molecule has 1 fully saturated rings. The maximum absolute atomic E-state index is 12.8. The summed E-state index contributed by atoms with van der Waals surface area (Å²) in [5.74, 6) is 1.15. The number of rotatable bonds is 7. The number of amides is 1. The van der Waals surface area contributed by atoms with E-state index in [-0.39, 0.29) is 5.91 Å². The molecule has 0 aliphatic carbocycles. The molecule has 27 heavy (non-hydrogen) atoms. The van der Waals surface area contributed by atoms with Crippen LogP contribution in [0.3, 0.4) is 0 Å². The molecule has 6 heteroatoms. The highest BCUT2D eigenvalue weighted by molar-refractivity contribution is 8.26. The average molecular weight is 398 g/mol. The number of ether oxygens (including phenoxy) is 2. The van der Waals surface area contributed by atoms with Crippen molar-refractivity contribution in [3.63, 3.8) is 0 Å². The van der Waals surface area contributed by atoms with E-state index in [4.69, 9.17) is 21.7 Å². The summed E-state index contributed by atoms with van der Waals surface area (Å²) in [6.07, 6.45) is 3.50. The van der Waals surface area contributed by atoms with Gasteiger partial charge in [0, 0.05) is 0 Å². The lowest BCUT2D eigenvalue weighted by atomic mass is 10.1. The quantitative estimate of drug-likeness (QED) is 0.386. The molecule has 0 bridgehead atoms. The number of carbonyl (C=O) groups excluding carboxylic acids is 1. The minimum absolute atomic E-state index is 0.0835. The lowest BCUT2D eigenvalue weighted by Gasteiger charge is -2.14. The van der Waals surface area contributed by atoms with Crippen LogP contribution in [0.2, 0.25) is 0 Å². The lowest BCUT2D eigenvalue weighted by molar-refractivity contribution is -0.122. The monoisotopic (exact) mass is 397 g/mol. The molecule has 0 radical (unpaired) electrons. The molecule has 0 spiro atoms. The molecule has 138 valence electrons. The summed E-state index contributed by atoms with van der Waals surface area (Å²) >= 11 is 6.71. The Balaban J connectivity index is 1.80. The highest BCUT2D eigenvalue weighted by Crippen LogP contribution is 2.35. The smallest absolute Gasteiger partial charge is 0.266 e. The van der Waals surface area contributed by atoms with Crippen molar-refractivity contribution in [3.8, 4) is 11.5 Å². The summed E-state index contributed by atoms with van der Waals surface area (Å²) in [6.45, 7) is 4.51. The molecule has 1 saturated heterocycles. The van der Waals surface area contributed by atoms with Gasteiger partial charge in [0.25, 0.3) is 5.91 Å². The van der Waals surface area contributed by atoms with Crippen molar-refractivity contribution >= 4 is 40.3 Å². The second kappa shape index (κ2) is 8.88. The normalized spacial score (nSPS) is 15.3. The molecule has 0 aromatic heterocycles. The Labute approximate surface area is 168 Å². The Hall–Kier alpha value is -2.57. The molecule has 2 aromatic carbocycles. The van der Waals surface area contributed by atoms with Crippen LogP contribution >= 0.6 is 24.0 Å². The standard InChI is InChI=1S/C21H19NO3S2/c1-3-11-25-17-10-9-16(12-18(17)24-2)13-19-20(23)22(21(26)27-19)14-15-7-5-4-6-8-15/h3-10,12-13H,1,11,14H2,2H3/b19-13-. The maximum atomic E-state index is 12.8. The van der Waals surface area contributed by atoms with E-state index in [0.29, 0.717) is 33.9 Å². The van der Waals surface area contributed by atoms with Gasteiger partial charge in [-0.15, -0.1) is 0 Å². The first-order valence-corrected chi connectivity index (χ1v) is 9.56. The van der Waals surface area contributed by atoms with Crippen LogP contribution in [0.15, 0.2) is 66.1 Å². The van der Waals surface area contributed by atoms with Gasteiger partial charge in [0.2, 0.25) is 0 Å². The van der Waals surface area contributed by atoms with Crippen LogP contribution in [-0.2, 0) is 11.3 Å².